The van der Waals surface area contributed by atoms with E-state index < -0.39 is 17.6 Å². The lowest BCUT2D eigenvalue weighted by Crippen LogP contribution is -2.30. The van der Waals surface area contributed by atoms with Gasteiger partial charge in [-0.3, -0.25) is 14.4 Å². The summed E-state index contributed by atoms with van der Waals surface area (Å²) in [5.41, 5.74) is 1.50. The molecule has 1 heterocycles. The fourth-order valence-electron chi connectivity index (χ4n) is 3.19. The fraction of sp³-hybridized carbons (Fsp3) is 0.0357. The second kappa shape index (κ2) is 12.1. The van der Waals surface area contributed by atoms with Crippen molar-refractivity contribution in [2.24, 2.45) is 0 Å². The van der Waals surface area contributed by atoms with E-state index in [9.17, 15) is 18.8 Å². The van der Waals surface area contributed by atoms with Crippen LogP contribution in [0.2, 0.25) is 0 Å². The molecule has 4 rings (SSSR count). The van der Waals surface area contributed by atoms with Gasteiger partial charge in [-0.2, -0.15) is 0 Å². The molecular formula is C28H21FN2O3S2. The number of carbonyl (C=O) groups excluding carboxylic acids is 3. The average Bonchev–Trinajstić information content (AvgIpc) is 3.41. The van der Waals surface area contributed by atoms with Gasteiger partial charge in [-0.1, -0.05) is 30.3 Å². The predicted octanol–water partition coefficient (Wildman–Crippen LogP) is 6.27. The zero-order valence-corrected chi connectivity index (χ0v) is 20.6. The normalized spacial score (nSPS) is 11.1. The van der Waals surface area contributed by atoms with E-state index in [4.69, 9.17) is 0 Å². The minimum atomic E-state index is -0.475. The van der Waals surface area contributed by atoms with Crippen molar-refractivity contribution in [3.8, 4) is 0 Å². The second-order valence-corrected chi connectivity index (χ2v) is 9.62. The standard InChI is InChI=1S/C28H21FN2O3S2/c29-21-13-11-19(12-14-21)26(32)18-36-23-9-4-8-22(16-23)30-28(34)25(17-24-10-5-15-35-24)31-27(33)20-6-2-1-3-7-20/h1-17H,18H2,(H,30,34)(H,31,33)/b25-17-. The number of amides is 2. The van der Waals surface area contributed by atoms with Crippen molar-refractivity contribution in [2.45, 2.75) is 4.90 Å². The average molecular weight is 517 g/mol. The van der Waals surface area contributed by atoms with Gasteiger partial charge in [-0.25, -0.2) is 4.39 Å². The quantitative estimate of drug-likeness (QED) is 0.156. The smallest absolute Gasteiger partial charge is 0.272 e. The summed E-state index contributed by atoms with van der Waals surface area (Å²) >= 11 is 2.76. The second-order valence-electron chi connectivity index (χ2n) is 7.59. The zero-order chi connectivity index (χ0) is 25.3. The number of hydrogen-bond donors (Lipinski definition) is 2. The monoisotopic (exact) mass is 516 g/mol. The molecule has 4 aromatic rings. The number of hydrogen-bond acceptors (Lipinski definition) is 5. The highest BCUT2D eigenvalue weighted by atomic mass is 32.2. The van der Waals surface area contributed by atoms with Crippen molar-refractivity contribution in [2.75, 3.05) is 11.1 Å². The van der Waals surface area contributed by atoms with E-state index in [0.29, 0.717) is 16.8 Å². The molecule has 180 valence electrons. The maximum atomic E-state index is 13.1. The topological polar surface area (TPSA) is 75.3 Å². The Morgan fingerprint density at radius 2 is 1.64 bits per heavy atom. The summed E-state index contributed by atoms with van der Waals surface area (Å²) in [6.07, 6.45) is 1.63. The fourth-order valence-corrected chi connectivity index (χ4v) is 4.69. The Kier molecular flexibility index (Phi) is 8.44. The van der Waals surface area contributed by atoms with Gasteiger partial charge in [-0.15, -0.1) is 23.1 Å². The number of carbonyl (C=O) groups is 3. The summed E-state index contributed by atoms with van der Waals surface area (Å²) in [5.74, 6) is -1.22. The third kappa shape index (κ3) is 7.00. The van der Waals surface area contributed by atoms with Crippen LogP contribution >= 0.6 is 23.1 Å². The van der Waals surface area contributed by atoms with Crippen molar-refractivity contribution in [1.29, 1.82) is 0 Å². The van der Waals surface area contributed by atoms with Gasteiger partial charge in [0.1, 0.15) is 11.5 Å². The Hall–Kier alpha value is -4.01. The van der Waals surface area contributed by atoms with Crippen LogP contribution in [0.15, 0.2) is 107 Å². The number of halogens is 1. The molecule has 0 spiro atoms. The molecule has 0 bridgehead atoms. The van der Waals surface area contributed by atoms with Gasteiger partial charge >= 0.3 is 0 Å². The van der Waals surface area contributed by atoms with E-state index >= 15 is 0 Å². The van der Waals surface area contributed by atoms with Gasteiger partial charge in [0.05, 0.1) is 5.75 Å². The summed E-state index contributed by atoms with van der Waals surface area (Å²) < 4.78 is 13.1. The number of nitrogens with one attached hydrogen (secondary N) is 2. The Morgan fingerprint density at radius 3 is 2.36 bits per heavy atom. The van der Waals surface area contributed by atoms with Crippen LogP contribution in [0.5, 0.6) is 0 Å². The van der Waals surface area contributed by atoms with Crippen LogP contribution in [0.25, 0.3) is 6.08 Å². The van der Waals surface area contributed by atoms with Crippen LogP contribution in [0.1, 0.15) is 25.6 Å². The summed E-state index contributed by atoms with van der Waals surface area (Å²) in [7, 11) is 0. The van der Waals surface area contributed by atoms with Crippen molar-refractivity contribution in [3.63, 3.8) is 0 Å². The van der Waals surface area contributed by atoms with Crippen LogP contribution in [0.3, 0.4) is 0 Å². The van der Waals surface area contributed by atoms with E-state index in [1.165, 1.54) is 47.4 Å². The molecule has 0 unspecified atom stereocenters. The van der Waals surface area contributed by atoms with E-state index in [1.54, 1.807) is 48.5 Å². The summed E-state index contributed by atoms with van der Waals surface area (Å²) in [5, 5.41) is 7.41. The molecule has 0 radical (unpaired) electrons. The predicted molar refractivity (Wildman–Crippen MR) is 143 cm³/mol. The lowest BCUT2D eigenvalue weighted by atomic mass is 10.1. The molecule has 3 aromatic carbocycles. The molecule has 8 heteroatoms. The number of thiophene rings is 1. The molecule has 2 amide bonds. The summed E-state index contributed by atoms with van der Waals surface area (Å²) in [4.78, 5) is 39.8. The summed E-state index contributed by atoms with van der Waals surface area (Å²) in [6.45, 7) is 0. The maximum Gasteiger partial charge on any atom is 0.272 e. The van der Waals surface area contributed by atoms with Gasteiger partial charge in [-0.05, 0) is 72.1 Å². The lowest BCUT2D eigenvalue weighted by molar-refractivity contribution is -0.113. The van der Waals surface area contributed by atoms with Crippen molar-refractivity contribution < 1.29 is 18.8 Å². The molecule has 0 aliphatic carbocycles. The molecule has 36 heavy (non-hydrogen) atoms. The van der Waals surface area contributed by atoms with Crippen LogP contribution in [0.4, 0.5) is 10.1 Å². The number of rotatable bonds is 9. The molecule has 0 atom stereocenters. The van der Waals surface area contributed by atoms with Gasteiger partial charge in [0, 0.05) is 26.6 Å². The number of thioether (sulfide) groups is 1. The SMILES string of the molecule is O=C(Nc1cccc(SCC(=O)c2ccc(F)cc2)c1)/C(=C/c1cccs1)NC(=O)c1ccccc1. The Balaban J connectivity index is 1.44. The highest BCUT2D eigenvalue weighted by Crippen LogP contribution is 2.23. The third-order valence-corrected chi connectivity index (χ3v) is 6.80. The highest BCUT2D eigenvalue weighted by Gasteiger charge is 2.16. The van der Waals surface area contributed by atoms with Crippen molar-refractivity contribution in [3.05, 3.63) is 124 Å². The Morgan fingerprint density at radius 1 is 0.861 bits per heavy atom. The van der Waals surface area contributed by atoms with Gasteiger partial charge in [0.25, 0.3) is 11.8 Å². The van der Waals surface area contributed by atoms with Crippen LogP contribution in [0, 0.1) is 5.82 Å². The van der Waals surface area contributed by atoms with Crippen molar-refractivity contribution in [1.82, 2.24) is 5.32 Å². The zero-order valence-electron chi connectivity index (χ0n) is 18.9. The first kappa shape index (κ1) is 25.1. The molecule has 0 saturated carbocycles. The minimum absolute atomic E-state index is 0.107. The van der Waals surface area contributed by atoms with Gasteiger partial charge in [0.15, 0.2) is 5.78 Å². The van der Waals surface area contributed by atoms with Gasteiger partial charge in [0.2, 0.25) is 0 Å². The molecule has 1 aromatic heterocycles. The summed E-state index contributed by atoms with van der Waals surface area (Å²) in [6, 6.07) is 24.9. The largest absolute Gasteiger partial charge is 0.321 e. The molecular weight excluding hydrogens is 495 g/mol. The highest BCUT2D eigenvalue weighted by molar-refractivity contribution is 8.00. The van der Waals surface area contributed by atoms with Crippen LogP contribution < -0.4 is 10.6 Å². The molecule has 0 aliphatic heterocycles. The van der Waals surface area contributed by atoms with E-state index in [0.717, 1.165) is 9.77 Å². The number of ketones is 1. The van der Waals surface area contributed by atoms with Crippen molar-refractivity contribution >= 4 is 52.5 Å². The van der Waals surface area contributed by atoms with Crippen LogP contribution in [-0.4, -0.2) is 23.4 Å². The number of anilines is 1. The first-order chi connectivity index (χ1) is 17.5. The molecule has 0 aliphatic rings. The van der Waals surface area contributed by atoms with E-state index in [-0.39, 0.29) is 17.2 Å². The Labute approximate surface area is 216 Å². The third-order valence-electron chi connectivity index (χ3n) is 4.99. The molecule has 5 nitrogen and oxygen atoms in total. The first-order valence-electron chi connectivity index (χ1n) is 10.9. The molecule has 2 N–H and O–H groups in total. The maximum absolute atomic E-state index is 13.1. The van der Waals surface area contributed by atoms with E-state index in [1.807, 2.05) is 29.6 Å². The van der Waals surface area contributed by atoms with Gasteiger partial charge < -0.3 is 10.6 Å². The molecule has 0 fully saturated rings. The minimum Gasteiger partial charge on any atom is -0.321 e. The number of benzene rings is 3. The van der Waals surface area contributed by atoms with E-state index in [2.05, 4.69) is 10.6 Å². The first-order valence-corrected chi connectivity index (χ1v) is 12.8. The Bertz CT molecular complexity index is 1390. The number of Topliss-reactive ketones (excluding diaryl/α,β-unsaturated/α-hetero) is 1. The molecule has 0 saturated heterocycles. The van der Waals surface area contributed by atoms with Crippen LogP contribution in [-0.2, 0) is 4.79 Å². The lowest BCUT2D eigenvalue weighted by Gasteiger charge is -2.12.